The molecule has 1 nitrogen and oxygen atoms in total. The summed E-state index contributed by atoms with van der Waals surface area (Å²) in [5, 5.41) is 0. The molecule has 0 aromatic carbocycles. The molecule has 0 aliphatic carbocycles. The molecule has 0 bridgehead atoms. The molecule has 0 aliphatic rings. The molecule has 0 amide bonds. The molecule has 0 fully saturated rings. The third kappa shape index (κ3) is 2.30. The molecule has 0 atom stereocenters. The normalized spacial score (nSPS) is 11.4. The van der Waals surface area contributed by atoms with Crippen LogP contribution in [0.25, 0.3) is 6.08 Å². The maximum absolute atomic E-state index is 12.1. The minimum absolute atomic E-state index is 0.377. The number of rotatable bonds is 1. The van der Waals surface area contributed by atoms with E-state index in [1.165, 1.54) is 6.08 Å². The molecule has 0 aliphatic heterocycles. The predicted molar refractivity (Wildman–Crippen MR) is 47.0 cm³/mol. The molecule has 1 heterocycles. The smallest absolute Gasteiger partial charge is 0.251 e. The molecule has 70 valence electrons. The van der Waals surface area contributed by atoms with Crippen molar-refractivity contribution < 1.29 is 13.2 Å². The summed E-state index contributed by atoms with van der Waals surface area (Å²) in [6, 6.07) is 0.942. The Morgan fingerprint density at radius 2 is 2.08 bits per heavy atom. The zero-order valence-corrected chi connectivity index (χ0v) is 7.98. The first-order valence-electron chi connectivity index (χ1n) is 3.30. The van der Waals surface area contributed by atoms with Crippen LogP contribution in [0.15, 0.2) is 23.3 Å². The molecule has 1 rings (SSSR count). The van der Waals surface area contributed by atoms with Crippen LogP contribution in [-0.2, 0) is 6.18 Å². The van der Waals surface area contributed by atoms with Gasteiger partial charge in [0.15, 0.2) is 0 Å². The van der Waals surface area contributed by atoms with Crippen molar-refractivity contribution >= 4 is 22.0 Å². The average molecular weight is 252 g/mol. The van der Waals surface area contributed by atoms with Gasteiger partial charge in [-0.3, -0.25) is 4.98 Å². The van der Waals surface area contributed by atoms with E-state index in [9.17, 15) is 13.2 Å². The van der Waals surface area contributed by atoms with Crippen molar-refractivity contribution in [3.05, 3.63) is 34.6 Å². The summed E-state index contributed by atoms with van der Waals surface area (Å²) in [7, 11) is 0. The summed E-state index contributed by atoms with van der Waals surface area (Å²) in [6.07, 6.45) is -1.96. The second-order valence-corrected chi connectivity index (χ2v) is 3.15. The van der Waals surface area contributed by atoms with E-state index in [1.807, 2.05) is 0 Å². The Bertz CT molecular complexity index is 333. The number of hydrogen-bond acceptors (Lipinski definition) is 1. The first kappa shape index (κ1) is 10.2. The van der Waals surface area contributed by atoms with E-state index in [0.717, 1.165) is 12.3 Å². The highest BCUT2D eigenvalue weighted by molar-refractivity contribution is 9.10. The maximum atomic E-state index is 12.1. The lowest BCUT2D eigenvalue weighted by atomic mass is 10.2. The number of halogens is 4. The number of nitrogens with zero attached hydrogens (tertiary/aromatic N) is 1. The molecule has 1 aromatic rings. The molecule has 1 aromatic heterocycles. The predicted octanol–water partition coefficient (Wildman–Crippen LogP) is 3.51. The largest absolute Gasteiger partial charge is 0.433 e. The van der Waals surface area contributed by atoms with Crippen molar-refractivity contribution in [3.8, 4) is 0 Å². The second-order valence-electron chi connectivity index (χ2n) is 2.29. The fraction of sp³-hybridized carbons (Fsp3) is 0.125. The van der Waals surface area contributed by atoms with E-state index >= 15 is 0 Å². The van der Waals surface area contributed by atoms with Crippen molar-refractivity contribution in [1.29, 1.82) is 0 Å². The van der Waals surface area contributed by atoms with Gasteiger partial charge in [-0.1, -0.05) is 12.7 Å². The van der Waals surface area contributed by atoms with Crippen LogP contribution in [0.3, 0.4) is 0 Å². The Balaban J connectivity index is 3.21. The van der Waals surface area contributed by atoms with Crippen molar-refractivity contribution in [2.45, 2.75) is 6.18 Å². The Hall–Kier alpha value is -0.840. The first-order chi connectivity index (χ1) is 5.95. The van der Waals surface area contributed by atoms with Gasteiger partial charge in [-0.2, -0.15) is 13.2 Å². The van der Waals surface area contributed by atoms with Crippen LogP contribution < -0.4 is 0 Å². The van der Waals surface area contributed by atoms with Crippen LogP contribution in [0.1, 0.15) is 11.3 Å². The van der Waals surface area contributed by atoms with Gasteiger partial charge in [0.05, 0.1) is 0 Å². The van der Waals surface area contributed by atoms with Crippen molar-refractivity contribution in [3.63, 3.8) is 0 Å². The zero-order valence-electron chi connectivity index (χ0n) is 6.40. The number of alkyl halides is 3. The van der Waals surface area contributed by atoms with Gasteiger partial charge in [0.25, 0.3) is 0 Å². The molecular weight excluding hydrogens is 247 g/mol. The second kappa shape index (κ2) is 3.49. The van der Waals surface area contributed by atoms with Crippen LogP contribution in [0.5, 0.6) is 0 Å². The first-order valence-corrected chi connectivity index (χ1v) is 4.09. The highest BCUT2D eigenvalue weighted by Gasteiger charge is 2.32. The summed E-state index contributed by atoms with van der Waals surface area (Å²) in [4.78, 5) is 3.24. The Labute approximate surface area is 81.4 Å². The standard InChI is InChI=1S/C8H5BrF3N/c1-2-5-3-7(8(10,11)12)13-4-6(5)9/h2-4H,1H2. The van der Waals surface area contributed by atoms with Crippen molar-refractivity contribution in [1.82, 2.24) is 4.98 Å². The summed E-state index contributed by atoms with van der Waals surface area (Å²) < 4.78 is 36.9. The lowest BCUT2D eigenvalue weighted by Gasteiger charge is -2.06. The van der Waals surface area contributed by atoms with E-state index in [4.69, 9.17) is 0 Å². The van der Waals surface area contributed by atoms with E-state index < -0.39 is 11.9 Å². The fourth-order valence-corrected chi connectivity index (χ4v) is 1.14. The zero-order chi connectivity index (χ0) is 10.1. The molecule has 0 radical (unpaired) electrons. The van der Waals surface area contributed by atoms with Gasteiger partial charge in [-0.05, 0) is 27.6 Å². The summed E-state index contributed by atoms with van der Waals surface area (Å²) >= 11 is 3.06. The molecule has 0 spiro atoms. The molecule has 0 N–H and O–H groups in total. The van der Waals surface area contributed by atoms with Crippen molar-refractivity contribution in [2.24, 2.45) is 0 Å². The van der Waals surface area contributed by atoms with Gasteiger partial charge in [-0.15, -0.1) is 0 Å². The van der Waals surface area contributed by atoms with Crippen LogP contribution in [0, 0.1) is 0 Å². The highest BCUT2D eigenvalue weighted by atomic mass is 79.9. The van der Waals surface area contributed by atoms with Crippen molar-refractivity contribution in [2.75, 3.05) is 0 Å². The minimum atomic E-state index is -4.40. The Morgan fingerprint density at radius 3 is 2.54 bits per heavy atom. The SMILES string of the molecule is C=Cc1cc(C(F)(F)F)ncc1Br. The van der Waals surface area contributed by atoms with Crippen LogP contribution in [0.2, 0.25) is 0 Å². The lowest BCUT2D eigenvalue weighted by Crippen LogP contribution is -2.07. The molecule has 0 saturated carbocycles. The van der Waals surface area contributed by atoms with Gasteiger partial charge in [0.2, 0.25) is 0 Å². The number of hydrogen-bond donors (Lipinski definition) is 0. The third-order valence-corrected chi connectivity index (χ3v) is 2.06. The highest BCUT2D eigenvalue weighted by Crippen LogP contribution is 2.30. The van der Waals surface area contributed by atoms with E-state index in [1.54, 1.807) is 0 Å². The third-order valence-electron chi connectivity index (χ3n) is 1.40. The van der Waals surface area contributed by atoms with Gasteiger partial charge in [-0.25, -0.2) is 0 Å². The van der Waals surface area contributed by atoms with Gasteiger partial charge in [0, 0.05) is 10.7 Å². The van der Waals surface area contributed by atoms with E-state index in [-0.39, 0.29) is 0 Å². The van der Waals surface area contributed by atoms with E-state index in [2.05, 4.69) is 27.5 Å². The van der Waals surface area contributed by atoms with Crippen LogP contribution >= 0.6 is 15.9 Å². The van der Waals surface area contributed by atoms with Crippen LogP contribution in [-0.4, -0.2) is 4.98 Å². The molecule has 0 unspecified atom stereocenters. The number of aromatic nitrogens is 1. The van der Waals surface area contributed by atoms with Crippen LogP contribution in [0.4, 0.5) is 13.2 Å². The molecule has 13 heavy (non-hydrogen) atoms. The molecule has 5 heteroatoms. The quantitative estimate of drug-likeness (QED) is 0.745. The van der Waals surface area contributed by atoms with E-state index in [0.29, 0.717) is 10.0 Å². The minimum Gasteiger partial charge on any atom is -0.251 e. The van der Waals surface area contributed by atoms with Gasteiger partial charge >= 0.3 is 6.18 Å². The molecular formula is C8H5BrF3N. The monoisotopic (exact) mass is 251 g/mol. The lowest BCUT2D eigenvalue weighted by molar-refractivity contribution is -0.141. The Morgan fingerprint density at radius 1 is 1.46 bits per heavy atom. The van der Waals surface area contributed by atoms with Gasteiger partial charge < -0.3 is 0 Å². The average Bonchev–Trinajstić information content (AvgIpc) is 2.03. The fourth-order valence-electron chi connectivity index (χ4n) is 0.766. The summed E-state index contributed by atoms with van der Waals surface area (Å²) in [5.41, 5.74) is -0.534. The maximum Gasteiger partial charge on any atom is 0.433 e. The summed E-state index contributed by atoms with van der Waals surface area (Å²) in [5.74, 6) is 0. The summed E-state index contributed by atoms with van der Waals surface area (Å²) in [6.45, 7) is 3.39. The number of pyridine rings is 1. The molecule has 0 saturated heterocycles. The topological polar surface area (TPSA) is 12.9 Å². The Kier molecular flexibility index (Phi) is 2.75. The van der Waals surface area contributed by atoms with Gasteiger partial charge in [0.1, 0.15) is 5.69 Å².